The molecule has 0 atom stereocenters. The number of nitrogens with zero attached hydrogens (tertiary/aromatic N) is 2. The van der Waals surface area contributed by atoms with Crippen LogP contribution in [0.5, 0.6) is 0 Å². The van der Waals surface area contributed by atoms with Crippen LogP contribution in [0.15, 0.2) is 36.8 Å². The van der Waals surface area contributed by atoms with Crippen molar-refractivity contribution >= 4 is 24.5 Å². The molecule has 1 aromatic heterocycles. The van der Waals surface area contributed by atoms with Crippen molar-refractivity contribution in [3.63, 3.8) is 0 Å². The van der Waals surface area contributed by atoms with Gasteiger partial charge in [-0.2, -0.15) is 0 Å². The van der Waals surface area contributed by atoms with E-state index in [9.17, 15) is 4.79 Å². The Morgan fingerprint density at radius 1 is 1.41 bits per heavy atom. The van der Waals surface area contributed by atoms with Gasteiger partial charge in [-0.3, -0.25) is 4.31 Å². The molecule has 17 heavy (non-hydrogen) atoms. The third-order valence-electron chi connectivity index (χ3n) is 2.24. The zero-order chi connectivity index (χ0) is 12.3. The first kappa shape index (κ1) is 11.5. The van der Waals surface area contributed by atoms with E-state index < -0.39 is 0 Å². The number of rotatable bonds is 2. The van der Waals surface area contributed by atoms with Crippen molar-refractivity contribution in [2.24, 2.45) is 0 Å². The van der Waals surface area contributed by atoms with Crippen LogP contribution in [0.25, 0.3) is 11.3 Å². The predicted octanol–water partition coefficient (Wildman–Crippen LogP) is 2.39. The molecule has 0 aliphatic carbocycles. The summed E-state index contributed by atoms with van der Waals surface area (Å²) < 4.78 is 1.18. The average Bonchev–Trinajstić information content (AvgIpc) is 2.83. The molecule has 0 fully saturated rings. The summed E-state index contributed by atoms with van der Waals surface area (Å²) >= 11 is 3.90. The number of anilines is 1. The molecule has 0 saturated carbocycles. The summed E-state index contributed by atoms with van der Waals surface area (Å²) in [5.74, 6) is 0. The van der Waals surface area contributed by atoms with Crippen LogP contribution in [0.3, 0.4) is 0 Å². The largest absolute Gasteiger partial charge is 0.345 e. The number of aromatic amines is 1. The highest BCUT2D eigenvalue weighted by Crippen LogP contribution is 2.18. The van der Waals surface area contributed by atoms with Gasteiger partial charge in [-0.1, -0.05) is 24.9 Å². The zero-order valence-electron chi connectivity index (χ0n) is 9.21. The lowest BCUT2D eigenvalue weighted by Gasteiger charge is -2.10. The molecule has 1 heterocycles. The van der Waals surface area contributed by atoms with E-state index in [2.05, 4.69) is 28.1 Å². The Labute approximate surface area is 104 Å². The minimum absolute atomic E-state index is 0.275. The number of imidazole rings is 1. The van der Waals surface area contributed by atoms with Crippen LogP contribution in [-0.2, 0) is 0 Å². The maximum Gasteiger partial charge on any atom is 0.331 e. The maximum atomic E-state index is 11.3. The van der Waals surface area contributed by atoms with Crippen LogP contribution >= 0.6 is 12.8 Å². The number of hydrogen-bond donors (Lipinski definition) is 3. The summed E-state index contributed by atoms with van der Waals surface area (Å²) in [6.45, 7) is 0. The van der Waals surface area contributed by atoms with Gasteiger partial charge in [-0.05, 0) is 17.7 Å². The molecule has 5 nitrogen and oxygen atoms in total. The van der Waals surface area contributed by atoms with E-state index in [1.54, 1.807) is 19.6 Å². The first-order chi connectivity index (χ1) is 8.16. The van der Waals surface area contributed by atoms with Crippen LogP contribution in [0.1, 0.15) is 0 Å². The van der Waals surface area contributed by atoms with Gasteiger partial charge in [0.15, 0.2) is 0 Å². The summed E-state index contributed by atoms with van der Waals surface area (Å²) in [5.41, 5.74) is 2.67. The summed E-state index contributed by atoms with van der Waals surface area (Å²) in [4.78, 5) is 18.3. The lowest BCUT2D eigenvalue weighted by Crippen LogP contribution is -2.23. The van der Waals surface area contributed by atoms with Crippen molar-refractivity contribution in [2.75, 3.05) is 12.4 Å². The minimum Gasteiger partial charge on any atom is -0.345 e. The molecule has 6 heteroatoms. The number of carbonyl (C=O) groups excluding carboxylic acids is 1. The summed E-state index contributed by atoms with van der Waals surface area (Å²) in [6.07, 6.45) is 3.37. The Balaban J connectivity index is 2.11. The Bertz CT molecular complexity index is 493. The quantitative estimate of drug-likeness (QED) is 0.715. The van der Waals surface area contributed by atoms with E-state index in [1.807, 2.05) is 24.3 Å². The van der Waals surface area contributed by atoms with E-state index in [4.69, 9.17) is 0 Å². The number of amides is 2. The van der Waals surface area contributed by atoms with Crippen LogP contribution in [0, 0.1) is 0 Å². The molecule has 2 rings (SSSR count). The number of hydrogen-bond acceptors (Lipinski definition) is 3. The Kier molecular flexibility index (Phi) is 3.34. The SMILES string of the molecule is CN(S)C(=O)Nc1ccc(-c2cnc[nH]2)cc1. The van der Waals surface area contributed by atoms with Gasteiger partial charge in [0.05, 0.1) is 18.2 Å². The predicted molar refractivity (Wildman–Crippen MR) is 69.8 cm³/mol. The normalized spacial score (nSPS) is 10.0. The summed E-state index contributed by atoms with van der Waals surface area (Å²) in [7, 11) is 1.57. The van der Waals surface area contributed by atoms with Gasteiger partial charge in [0.1, 0.15) is 0 Å². The molecule has 88 valence electrons. The summed E-state index contributed by atoms with van der Waals surface area (Å²) in [5, 5.41) is 2.70. The summed E-state index contributed by atoms with van der Waals surface area (Å²) in [6, 6.07) is 7.18. The lowest BCUT2D eigenvalue weighted by atomic mass is 10.1. The number of carbonyl (C=O) groups is 1. The second-order valence-corrected chi connectivity index (χ2v) is 4.10. The zero-order valence-corrected chi connectivity index (χ0v) is 10.1. The topological polar surface area (TPSA) is 61.0 Å². The van der Waals surface area contributed by atoms with Crippen molar-refractivity contribution in [3.8, 4) is 11.3 Å². The number of H-pyrrole nitrogens is 1. The van der Waals surface area contributed by atoms with Crippen molar-refractivity contribution in [1.29, 1.82) is 0 Å². The molecule has 2 N–H and O–H groups in total. The highest BCUT2D eigenvalue weighted by molar-refractivity contribution is 7.78. The Morgan fingerprint density at radius 2 is 2.12 bits per heavy atom. The average molecular weight is 248 g/mol. The standard InChI is InChI=1S/C11H12N4OS/c1-15(17)11(16)14-9-4-2-8(3-5-9)10-6-12-7-13-10/h2-7,17H,1H3,(H,12,13)(H,14,16). The molecule has 0 unspecified atom stereocenters. The molecule has 0 aliphatic heterocycles. The van der Waals surface area contributed by atoms with Crippen molar-refractivity contribution in [3.05, 3.63) is 36.8 Å². The highest BCUT2D eigenvalue weighted by Gasteiger charge is 2.04. The van der Waals surface area contributed by atoms with Gasteiger partial charge < -0.3 is 10.3 Å². The highest BCUT2D eigenvalue weighted by atomic mass is 32.1. The first-order valence-electron chi connectivity index (χ1n) is 4.99. The van der Waals surface area contributed by atoms with Crippen molar-refractivity contribution in [1.82, 2.24) is 14.3 Å². The molecular formula is C11H12N4OS. The van der Waals surface area contributed by atoms with E-state index in [0.717, 1.165) is 16.9 Å². The number of thiol groups is 1. The molecule has 0 bridgehead atoms. The van der Waals surface area contributed by atoms with E-state index in [1.165, 1.54) is 4.31 Å². The molecule has 2 amide bonds. The first-order valence-corrected chi connectivity index (χ1v) is 5.39. The van der Waals surface area contributed by atoms with Gasteiger partial charge >= 0.3 is 6.03 Å². The number of urea groups is 1. The van der Waals surface area contributed by atoms with E-state index in [0.29, 0.717) is 0 Å². The Hall–Kier alpha value is -1.95. The van der Waals surface area contributed by atoms with E-state index >= 15 is 0 Å². The fourth-order valence-electron chi connectivity index (χ4n) is 1.35. The fourth-order valence-corrected chi connectivity index (χ4v) is 1.40. The molecule has 0 radical (unpaired) electrons. The van der Waals surface area contributed by atoms with Crippen LogP contribution in [-0.4, -0.2) is 27.4 Å². The van der Waals surface area contributed by atoms with Gasteiger partial charge in [0, 0.05) is 12.7 Å². The van der Waals surface area contributed by atoms with Gasteiger partial charge in [-0.15, -0.1) is 0 Å². The number of benzene rings is 1. The number of aromatic nitrogens is 2. The van der Waals surface area contributed by atoms with Crippen molar-refractivity contribution in [2.45, 2.75) is 0 Å². The van der Waals surface area contributed by atoms with Crippen LogP contribution in [0.4, 0.5) is 10.5 Å². The molecule has 2 aromatic rings. The molecular weight excluding hydrogens is 236 g/mol. The van der Waals surface area contributed by atoms with Crippen LogP contribution in [0.2, 0.25) is 0 Å². The minimum atomic E-state index is -0.275. The third kappa shape index (κ3) is 2.79. The molecule has 0 aliphatic rings. The second kappa shape index (κ2) is 4.92. The molecule has 0 spiro atoms. The lowest BCUT2D eigenvalue weighted by molar-refractivity contribution is 0.243. The third-order valence-corrected chi connectivity index (χ3v) is 2.42. The smallest absolute Gasteiger partial charge is 0.331 e. The van der Waals surface area contributed by atoms with Gasteiger partial charge in [0.25, 0.3) is 0 Å². The molecule has 0 saturated heterocycles. The maximum absolute atomic E-state index is 11.3. The van der Waals surface area contributed by atoms with Crippen LogP contribution < -0.4 is 5.32 Å². The van der Waals surface area contributed by atoms with E-state index in [-0.39, 0.29) is 6.03 Å². The number of nitrogens with one attached hydrogen (secondary N) is 2. The Morgan fingerprint density at radius 3 is 2.65 bits per heavy atom. The van der Waals surface area contributed by atoms with Gasteiger partial charge in [0.2, 0.25) is 0 Å². The van der Waals surface area contributed by atoms with Crippen molar-refractivity contribution < 1.29 is 4.79 Å². The fraction of sp³-hybridized carbons (Fsp3) is 0.0909. The second-order valence-electron chi connectivity index (χ2n) is 3.50. The molecule has 1 aromatic carbocycles. The van der Waals surface area contributed by atoms with Gasteiger partial charge in [-0.25, -0.2) is 9.78 Å². The monoisotopic (exact) mass is 248 g/mol.